The van der Waals surface area contributed by atoms with Gasteiger partial charge in [-0.25, -0.2) is 15.0 Å². The van der Waals surface area contributed by atoms with E-state index >= 15 is 0 Å². The van der Waals surface area contributed by atoms with Crippen LogP contribution < -0.4 is 10.6 Å². The number of rotatable bonds is 7. The number of piperidine rings is 1. The molecule has 1 aliphatic rings. The summed E-state index contributed by atoms with van der Waals surface area (Å²) in [6.07, 6.45) is 7.13. The van der Waals surface area contributed by atoms with Gasteiger partial charge in [-0.2, -0.15) is 0 Å². The monoisotopic (exact) mass is 423 g/mol. The zero-order chi connectivity index (χ0) is 22.0. The number of anilines is 1. The van der Waals surface area contributed by atoms with Crippen molar-refractivity contribution in [1.82, 2.24) is 24.5 Å². The number of nitrogens with zero attached hydrogens (tertiary/aromatic N) is 6. The zero-order valence-electron chi connectivity index (χ0n) is 19.0. The van der Waals surface area contributed by atoms with Crippen molar-refractivity contribution in [2.24, 2.45) is 5.73 Å². The molecule has 0 saturated carbocycles. The highest BCUT2D eigenvalue weighted by Gasteiger charge is 2.34. The van der Waals surface area contributed by atoms with Gasteiger partial charge in [0.15, 0.2) is 0 Å². The maximum Gasteiger partial charge on any atom is 0.225 e. The Morgan fingerprint density at radius 1 is 1.16 bits per heavy atom. The summed E-state index contributed by atoms with van der Waals surface area (Å²) in [6.45, 7) is 8.78. The van der Waals surface area contributed by atoms with Gasteiger partial charge < -0.3 is 19.9 Å². The van der Waals surface area contributed by atoms with Gasteiger partial charge in [-0.3, -0.25) is 4.98 Å². The predicted molar refractivity (Wildman–Crippen MR) is 122 cm³/mol. The second-order valence-electron chi connectivity index (χ2n) is 8.72. The molecule has 0 bridgehead atoms. The van der Waals surface area contributed by atoms with Crippen LogP contribution in [-0.4, -0.2) is 56.8 Å². The van der Waals surface area contributed by atoms with Crippen LogP contribution in [0.2, 0.25) is 0 Å². The fraction of sp³-hybridized carbons (Fsp3) is 0.565. The van der Waals surface area contributed by atoms with Crippen molar-refractivity contribution in [2.75, 3.05) is 31.6 Å². The number of hydrogen-bond acceptors (Lipinski definition) is 7. The molecule has 4 heterocycles. The third-order valence-corrected chi connectivity index (χ3v) is 6.38. The van der Waals surface area contributed by atoms with Crippen molar-refractivity contribution in [1.29, 1.82) is 0 Å². The molecule has 1 fully saturated rings. The zero-order valence-corrected chi connectivity index (χ0v) is 19.0. The number of imidazole rings is 1. The average Bonchev–Trinajstić information content (AvgIpc) is 3.10. The molecule has 4 rings (SSSR count). The van der Waals surface area contributed by atoms with E-state index in [1.165, 1.54) is 0 Å². The lowest BCUT2D eigenvalue weighted by molar-refractivity contribution is -0.0341. The van der Waals surface area contributed by atoms with Crippen molar-refractivity contribution >= 4 is 17.0 Å². The third-order valence-electron chi connectivity index (χ3n) is 6.38. The second kappa shape index (κ2) is 8.88. The first-order valence-corrected chi connectivity index (χ1v) is 11.1. The number of hydrogen-bond donors (Lipinski definition) is 1. The van der Waals surface area contributed by atoms with E-state index < -0.39 is 0 Å². The Labute approximate surface area is 183 Å². The summed E-state index contributed by atoms with van der Waals surface area (Å²) >= 11 is 0. The van der Waals surface area contributed by atoms with Crippen LogP contribution in [0.4, 0.5) is 5.95 Å². The molecule has 0 atom stereocenters. The summed E-state index contributed by atoms with van der Waals surface area (Å²) < 4.78 is 8.06. The van der Waals surface area contributed by atoms with E-state index in [1.807, 2.05) is 25.4 Å². The maximum atomic E-state index is 5.81. The number of fused-ring (bicyclic) bond motifs is 1. The molecule has 0 amide bonds. The second-order valence-corrected chi connectivity index (χ2v) is 8.72. The van der Waals surface area contributed by atoms with Crippen LogP contribution in [0.1, 0.15) is 56.4 Å². The molecule has 1 saturated heterocycles. The molecule has 2 N–H and O–H groups in total. The van der Waals surface area contributed by atoms with Crippen molar-refractivity contribution in [3.8, 4) is 0 Å². The highest BCUT2D eigenvalue weighted by atomic mass is 16.5. The van der Waals surface area contributed by atoms with Crippen LogP contribution in [0.15, 0.2) is 24.5 Å². The first-order chi connectivity index (χ1) is 14.9. The molecule has 8 nitrogen and oxygen atoms in total. The van der Waals surface area contributed by atoms with E-state index in [9.17, 15) is 0 Å². The van der Waals surface area contributed by atoms with E-state index in [4.69, 9.17) is 15.5 Å². The van der Waals surface area contributed by atoms with Crippen molar-refractivity contribution < 1.29 is 4.74 Å². The van der Waals surface area contributed by atoms with Crippen LogP contribution in [0.25, 0.3) is 11.0 Å². The van der Waals surface area contributed by atoms with E-state index in [2.05, 4.69) is 44.3 Å². The molecule has 3 aromatic heterocycles. The van der Waals surface area contributed by atoms with E-state index in [0.29, 0.717) is 19.0 Å². The highest BCUT2D eigenvalue weighted by Crippen LogP contribution is 2.30. The quantitative estimate of drug-likeness (QED) is 0.624. The van der Waals surface area contributed by atoms with E-state index in [1.54, 1.807) is 7.11 Å². The molecule has 31 heavy (non-hydrogen) atoms. The lowest BCUT2D eigenvalue weighted by Crippen LogP contribution is -2.47. The van der Waals surface area contributed by atoms with Gasteiger partial charge in [0.25, 0.3) is 0 Å². The molecule has 0 aromatic carbocycles. The molecule has 0 aliphatic carbocycles. The normalized spacial score (nSPS) is 16.4. The topological polar surface area (TPSA) is 95.0 Å². The van der Waals surface area contributed by atoms with Gasteiger partial charge in [0.1, 0.15) is 11.3 Å². The van der Waals surface area contributed by atoms with Gasteiger partial charge in [-0.1, -0.05) is 0 Å². The van der Waals surface area contributed by atoms with Crippen LogP contribution in [-0.2, 0) is 11.2 Å². The molecule has 3 aromatic rings. The van der Waals surface area contributed by atoms with Crippen LogP contribution in [0, 0.1) is 6.92 Å². The lowest BCUT2D eigenvalue weighted by Gasteiger charge is -2.40. The molecule has 8 heteroatoms. The maximum absolute atomic E-state index is 5.81. The van der Waals surface area contributed by atoms with Gasteiger partial charge in [0, 0.05) is 44.6 Å². The number of nitrogens with two attached hydrogens (primary N) is 1. The van der Waals surface area contributed by atoms with Crippen LogP contribution in [0.3, 0.4) is 0 Å². The van der Waals surface area contributed by atoms with Crippen molar-refractivity contribution in [2.45, 2.75) is 58.1 Å². The van der Waals surface area contributed by atoms with Crippen LogP contribution >= 0.6 is 0 Å². The van der Waals surface area contributed by atoms with Gasteiger partial charge in [-0.15, -0.1) is 0 Å². The lowest BCUT2D eigenvalue weighted by atomic mass is 9.88. The number of ether oxygens (including phenoxy) is 1. The number of methoxy groups -OCH3 is 1. The Kier molecular flexibility index (Phi) is 6.20. The van der Waals surface area contributed by atoms with E-state index in [-0.39, 0.29) is 5.60 Å². The average molecular weight is 424 g/mol. The Morgan fingerprint density at radius 2 is 1.94 bits per heavy atom. The fourth-order valence-electron chi connectivity index (χ4n) is 4.66. The molecule has 1 aliphatic heterocycles. The summed E-state index contributed by atoms with van der Waals surface area (Å²) in [7, 11) is 1.79. The first kappa shape index (κ1) is 21.6. The molecular formula is C23H33N7O. The minimum Gasteiger partial charge on any atom is -0.378 e. The number of aromatic nitrogens is 5. The Bertz CT molecular complexity index is 1040. The Balaban J connectivity index is 1.51. The molecule has 0 radical (unpaired) electrons. The highest BCUT2D eigenvalue weighted by molar-refractivity contribution is 5.75. The van der Waals surface area contributed by atoms with Gasteiger partial charge in [-0.05, 0) is 58.7 Å². The van der Waals surface area contributed by atoms with Gasteiger partial charge >= 0.3 is 0 Å². The summed E-state index contributed by atoms with van der Waals surface area (Å²) in [5.41, 5.74) is 9.69. The predicted octanol–water partition coefficient (Wildman–Crippen LogP) is 3.04. The summed E-state index contributed by atoms with van der Waals surface area (Å²) in [4.78, 5) is 20.9. The smallest absolute Gasteiger partial charge is 0.225 e. The fourth-order valence-corrected chi connectivity index (χ4v) is 4.66. The number of aryl methyl sites for hydroxylation is 1. The summed E-state index contributed by atoms with van der Waals surface area (Å²) in [5, 5.41) is 0. The van der Waals surface area contributed by atoms with Gasteiger partial charge in [0.05, 0.1) is 23.0 Å². The van der Waals surface area contributed by atoms with Crippen molar-refractivity contribution in [3.05, 3.63) is 41.7 Å². The molecule has 166 valence electrons. The summed E-state index contributed by atoms with van der Waals surface area (Å²) in [5.74, 6) is 1.79. The number of pyridine rings is 1. The summed E-state index contributed by atoms with van der Waals surface area (Å²) in [6, 6.07) is 4.46. The standard InChI is InChI=1S/C23H33N7O/c1-16(2)30-17(3)27-20-15-26-19(14-21(20)30)13-18-5-10-25-22(28-18)29-11-7-23(31-4,6-9-24)8-12-29/h5,10,14-16H,6-9,11-13,24H2,1-4H3. The van der Waals surface area contributed by atoms with Gasteiger partial charge in [0.2, 0.25) is 5.95 Å². The molecule has 0 unspecified atom stereocenters. The SMILES string of the molecule is COC1(CCN)CCN(c2nccc(Cc3cc4c(cn3)nc(C)n4C(C)C)n2)CC1. The minimum absolute atomic E-state index is 0.111. The Hall–Kier alpha value is -2.58. The molecular weight excluding hydrogens is 390 g/mol. The molecule has 0 spiro atoms. The largest absolute Gasteiger partial charge is 0.378 e. The van der Waals surface area contributed by atoms with E-state index in [0.717, 1.165) is 66.5 Å². The van der Waals surface area contributed by atoms with Crippen molar-refractivity contribution in [3.63, 3.8) is 0 Å². The third kappa shape index (κ3) is 4.41. The van der Waals surface area contributed by atoms with Crippen LogP contribution in [0.5, 0.6) is 0 Å². The minimum atomic E-state index is -0.111. The first-order valence-electron chi connectivity index (χ1n) is 11.1. The Morgan fingerprint density at radius 3 is 2.61 bits per heavy atom.